The molecular weight excluding hydrogens is 234 g/mol. The summed E-state index contributed by atoms with van der Waals surface area (Å²) in [6.07, 6.45) is 0.323. The van der Waals surface area contributed by atoms with E-state index >= 15 is 0 Å². The van der Waals surface area contributed by atoms with Crippen molar-refractivity contribution in [2.75, 3.05) is 6.54 Å². The second kappa shape index (κ2) is 4.39. The highest BCUT2D eigenvalue weighted by atomic mass is 79.9. The van der Waals surface area contributed by atoms with Crippen molar-refractivity contribution in [1.29, 1.82) is 0 Å². The van der Waals surface area contributed by atoms with Gasteiger partial charge in [-0.2, -0.15) is 0 Å². The molecule has 1 rings (SSSR count). The largest absolute Gasteiger partial charge is 0.508 e. The fourth-order valence-corrected chi connectivity index (χ4v) is 1.58. The van der Waals surface area contributed by atoms with Crippen molar-refractivity contribution in [2.45, 2.75) is 6.42 Å². The highest BCUT2D eigenvalue weighted by molar-refractivity contribution is 9.10. The maximum Gasteiger partial charge on any atom is 0.165 e. The molecule has 13 heavy (non-hydrogen) atoms. The number of phenolic OH excluding ortho intramolecular Hbond substituents is 1. The van der Waals surface area contributed by atoms with E-state index in [4.69, 9.17) is 10.8 Å². The summed E-state index contributed by atoms with van der Waals surface area (Å²) in [7, 11) is 0. The van der Waals surface area contributed by atoms with Crippen molar-refractivity contribution in [3.8, 4) is 5.75 Å². The number of benzene rings is 1. The van der Waals surface area contributed by atoms with Crippen LogP contribution >= 0.6 is 15.9 Å². The molecular formula is C9H10BrNO2. The van der Waals surface area contributed by atoms with Gasteiger partial charge in [-0.25, -0.2) is 0 Å². The molecule has 0 saturated carbocycles. The van der Waals surface area contributed by atoms with Crippen LogP contribution in [0.4, 0.5) is 0 Å². The highest BCUT2D eigenvalue weighted by Crippen LogP contribution is 2.22. The molecule has 4 heteroatoms. The van der Waals surface area contributed by atoms with Gasteiger partial charge in [-0.05, 0) is 40.7 Å². The fraction of sp³-hybridized carbons (Fsp3) is 0.222. The van der Waals surface area contributed by atoms with Crippen LogP contribution in [0, 0.1) is 0 Å². The number of aromatic hydroxyl groups is 1. The molecule has 70 valence electrons. The van der Waals surface area contributed by atoms with Gasteiger partial charge in [0.25, 0.3) is 0 Å². The zero-order valence-electron chi connectivity index (χ0n) is 6.96. The van der Waals surface area contributed by atoms with Gasteiger partial charge in [-0.3, -0.25) is 4.79 Å². The minimum absolute atomic E-state index is 0.0191. The van der Waals surface area contributed by atoms with Crippen LogP contribution in [0.5, 0.6) is 5.75 Å². The van der Waals surface area contributed by atoms with Crippen LogP contribution < -0.4 is 5.73 Å². The van der Waals surface area contributed by atoms with E-state index in [0.29, 0.717) is 23.0 Å². The molecule has 0 spiro atoms. The van der Waals surface area contributed by atoms with Crippen LogP contribution in [-0.4, -0.2) is 17.4 Å². The molecule has 3 nitrogen and oxygen atoms in total. The number of halogens is 1. The Morgan fingerprint density at radius 3 is 2.77 bits per heavy atom. The molecule has 0 aliphatic rings. The van der Waals surface area contributed by atoms with E-state index in [9.17, 15) is 4.79 Å². The Labute approximate surface area is 84.7 Å². The van der Waals surface area contributed by atoms with E-state index in [1.165, 1.54) is 12.1 Å². The number of carbonyl (C=O) groups is 1. The number of ketones is 1. The van der Waals surface area contributed by atoms with Gasteiger partial charge >= 0.3 is 0 Å². The summed E-state index contributed by atoms with van der Waals surface area (Å²) < 4.78 is 0.603. The Hall–Kier alpha value is -0.870. The Balaban J connectivity index is 2.95. The maximum absolute atomic E-state index is 11.4. The topological polar surface area (TPSA) is 63.3 Å². The SMILES string of the molecule is NCCC(=O)c1ccc(O)cc1Br. The molecule has 0 atom stereocenters. The second-order valence-corrected chi connectivity index (χ2v) is 3.48. The van der Waals surface area contributed by atoms with Crippen LogP contribution in [0.1, 0.15) is 16.8 Å². The van der Waals surface area contributed by atoms with Gasteiger partial charge in [-0.15, -0.1) is 0 Å². The zero-order valence-corrected chi connectivity index (χ0v) is 8.54. The molecule has 0 bridgehead atoms. The Kier molecular flexibility index (Phi) is 3.45. The average molecular weight is 244 g/mol. The summed E-state index contributed by atoms with van der Waals surface area (Å²) in [5, 5.41) is 9.08. The summed E-state index contributed by atoms with van der Waals surface area (Å²) in [4.78, 5) is 11.4. The van der Waals surface area contributed by atoms with E-state index in [1.807, 2.05) is 0 Å². The third-order valence-corrected chi connectivity index (χ3v) is 2.28. The quantitative estimate of drug-likeness (QED) is 0.795. The molecule has 0 aliphatic heterocycles. The van der Waals surface area contributed by atoms with Gasteiger partial charge in [0, 0.05) is 16.5 Å². The third-order valence-electron chi connectivity index (χ3n) is 1.62. The van der Waals surface area contributed by atoms with Gasteiger partial charge in [-0.1, -0.05) is 0 Å². The van der Waals surface area contributed by atoms with E-state index in [0.717, 1.165) is 0 Å². The van der Waals surface area contributed by atoms with E-state index in [-0.39, 0.29) is 11.5 Å². The van der Waals surface area contributed by atoms with Crippen LogP contribution in [0.3, 0.4) is 0 Å². The molecule has 0 saturated heterocycles. The van der Waals surface area contributed by atoms with E-state index < -0.39 is 0 Å². The average Bonchev–Trinajstić information content (AvgIpc) is 2.04. The van der Waals surface area contributed by atoms with Crippen LogP contribution in [0.25, 0.3) is 0 Å². The molecule has 1 aromatic carbocycles. The predicted molar refractivity (Wildman–Crippen MR) is 53.8 cm³/mol. The van der Waals surface area contributed by atoms with Crippen LogP contribution in [-0.2, 0) is 0 Å². The minimum atomic E-state index is -0.0191. The van der Waals surface area contributed by atoms with Gasteiger partial charge in [0.05, 0.1) is 0 Å². The molecule has 0 fully saturated rings. The lowest BCUT2D eigenvalue weighted by atomic mass is 10.1. The molecule has 0 unspecified atom stereocenters. The highest BCUT2D eigenvalue weighted by Gasteiger charge is 2.08. The zero-order chi connectivity index (χ0) is 9.84. The summed E-state index contributed by atoms with van der Waals surface area (Å²) in [5.74, 6) is 0.116. The van der Waals surface area contributed by atoms with Gasteiger partial charge < -0.3 is 10.8 Å². The van der Waals surface area contributed by atoms with Crippen LogP contribution in [0.15, 0.2) is 22.7 Å². The molecule has 0 aliphatic carbocycles. The number of rotatable bonds is 3. The van der Waals surface area contributed by atoms with Crippen molar-refractivity contribution in [3.63, 3.8) is 0 Å². The summed E-state index contributed by atoms with van der Waals surface area (Å²) in [6, 6.07) is 4.55. The normalized spacial score (nSPS) is 10.0. The smallest absolute Gasteiger partial charge is 0.165 e. The summed E-state index contributed by atoms with van der Waals surface area (Å²) in [6.45, 7) is 0.339. The molecule has 0 aromatic heterocycles. The molecule has 0 heterocycles. The van der Waals surface area contributed by atoms with E-state index in [2.05, 4.69) is 15.9 Å². The summed E-state index contributed by atoms with van der Waals surface area (Å²) >= 11 is 3.20. The molecule has 0 amide bonds. The monoisotopic (exact) mass is 243 g/mol. The lowest BCUT2D eigenvalue weighted by Gasteiger charge is -2.02. The first-order valence-electron chi connectivity index (χ1n) is 3.87. The van der Waals surface area contributed by atoms with Gasteiger partial charge in [0.1, 0.15) is 5.75 Å². The van der Waals surface area contributed by atoms with Crippen molar-refractivity contribution >= 4 is 21.7 Å². The standard InChI is InChI=1S/C9H10BrNO2/c10-8-5-6(12)1-2-7(8)9(13)3-4-11/h1-2,5,12H,3-4,11H2. The summed E-state index contributed by atoms with van der Waals surface area (Å²) in [5.41, 5.74) is 5.82. The Morgan fingerprint density at radius 2 is 2.23 bits per heavy atom. The number of hydrogen-bond acceptors (Lipinski definition) is 3. The lowest BCUT2D eigenvalue weighted by Crippen LogP contribution is -2.08. The van der Waals surface area contributed by atoms with Crippen molar-refractivity contribution in [3.05, 3.63) is 28.2 Å². The maximum atomic E-state index is 11.4. The number of carbonyl (C=O) groups excluding carboxylic acids is 1. The fourth-order valence-electron chi connectivity index (χ4n) is 0.996. The van der Waals surface area contributed by atoms with Crippen LogP contribution in [0.2, 0.25) is 0 Å². The van der Waals surface area contributed by atoms with Crippen molar-refractivity contribution in [2.24, 2.45) is 5.73 Å². The van der Waals surface area contributed by atoms with E-state index in [1.54, 1.807) is 6.07 Å². The number of nitrogens with two attached hydrogens (primary N) is 1. The Bertz CT molecular complexity index is 325. The number of Topliss-reactive ketones (excluding diaryl/α,β-unsaturated/α-hetero) is 1. The molecule has 0 radical (unpaired) electrons. The number of phenols is 1. The van der Waals surface area contributed by atoms with Crippen molar-refractivity contribution in [1.82, 2.24) is 0 Å². The first-order valence-corrected chi connectivity index (χ1v) is 4.66. The van der Waals surface area contributed by atoms with Gasteiger partial charge in [0.2, 0.25) is 0 Å². The molecule has 3 N–H and O–H groups in total. The first-order chi connectivity index (χ1) is 6.15. The first kappa shape index (κ1) is 10.2. The third kappa shape index (κ3) is 2.54. The molecule has 1 aromatic rings. The second-order valence-electron chi connectivity index (χ2n) is 2.63. The number of hydrogen-bond donors (Lipinski definition) is 2. The minimum Gasteiger partial charge on any atom is -0.508 e. The Morgan fingerprint density at radius 1 is 1.54 bits per heavy atom. The lowest BCUT2D eigenvalue weighted by molar-refractivity contribution is 0.0984. The van der Waals surface area contributed by atoms with Crippen molar-refractivity contribution < 1.29 is 9.90 Å². The van der Waals surface area contributed by atoms with Gasteiger partial charge in [0.15, 0.2) is 5.78 Å². The predicted octanol–water partition coefficient (Wildman–Crippen LogP) is 1.69.